The minimum atomic E-state index is -0.300. The number of amides is 2. The number of nitrogens with one attached hydrogen (secondary N) is 2. The molecule has 2 aromatic heterocycles. The van der Waals surface area contributed by atoms with Crippen molar-refractivity contribution in [1.82, 2.24) is 30.0 Å². The number of piperidine rings is 1. The van der Waals surface area contributed by atoms with Gasteiger partial charge in [0.2, 0.25) is 0 Å². The van der Waals surface area contributed by atoms with Crippen molar-refractivity contribution in [2.45, 2.75) is 50.5 Å². The molecule has 26 heavy (non-hydrogen) atoms. The first kappa shape index (κ1) is 16.8. The Morgan fingerprint density at radius 1 is 1.19 bits per heavy atom. The van der Waals surface area contributed by atoms with E-state index in [1.807, 2.05) is 11.0 Å². The van der Waals surface area contributed by atoms with Crippen LogP contribution in [-0.4, -0.2) is 49.8 Å². The lowest BCUT2D eigenvalue weighted by atomic mass is 9.97. The minimum Gasteiger partial charge on any atom is -0.335 e. The molecule has 2 aromatic rings. The minimum absolute atomic E-state index is 0.00751. The van der Waals surface area contributed by atoms with Crippen LogP contribution >= 0.6 is 0 Å². The maximum Gasteiger partial charge on any atom is 0.349 e. The van der Waals surface area contributed by atoms with Gasteiger partial charge in [-0.05, 0) is 37.8 Å². The summed E-state index contributed by atoms with van der Waals surface area (Å²) in [6.07, 6.45) is 7.98. The Bertz CT molecular complexity index is 809. The third-order valence-electron chi connectivity index (χ3n) is 5.28. The Kier molecular flexibility index (Phi) is 4.73. The number of hydrogen-bond donors (Lipinski definition) is 2. The zero-order valence-electron chi connectivity index (χ0n) is 14.7. The predicted octanol–water partition coefficient (Wildman–Crippen LogP) is 1.79. The molecule has 0 bridgehead atoms. The number of nitrogens with zero attached hydrogens (tertiary/aromatic N) is 4. The lowest BCUT2D eigenvalue weighted by molar-refractivity contribution is 0.174. The molecule has 0 spiro atoms. The van der Waals surface area contributed by atoms with Gasteiger partial charge in [0, 0.05) is 31.2 Å². The highest BCUT2D eigenvalue weighted by atomic mass is 16.2. The first-order valence-electron chi connectivity index (χ1n) is 9.37. The van der Waals surface area contributed by atoms with E-state index in [9.17, 15) is 9.59 Å². The van der Waals surface area contributed by atoms with E-state index in [1.54, 1.807) is 18.3 Å². The van der Waals surface area contributed by atoms with Gasteiger partial charge in [-0.15, -0.1) is 5.10 Å². The molecule has 8 heteroatoms. The summed E-state index contributed by atoms with van der Waals surface area (Å²) < 4.78 is 1.28. The average molecular weight is 356 g/mol. The van der Waals surface area contributed by atoms with Gasteiger partial charge in [-0.2, -0.15) is 4.68 Å². The first-order chi connectivity index (χ1) is 12.7. The van der Waals surface area contributed by atoms with Gasteiger partial charge in [0.15, 0.2) is 5.82 Å². The molecule has 4 rings (SSSR count). The highest BCUT2D eigenvalue weighted by Crippen LogP contribution is 2.25. The third kappa shape index (κ3) is 3.49. The molecule has 8 nitrogen and oxygen atoms in total. The molecule has 1 atom stereocenters. The van der Waals surface area contributed by atoms with Crippen molar-refractivity contribution in [1.29, 1.82) is 0 Å². The summed E-state index contributed by atoms with van der Waals surface area (Å²) >= 11 is 0. The number of rotatable bonds is 3. The first-order valence-corrected chi connectivity index (χ1v) is 9.37. The van der Waals surface area contributed by atoms with E-state index in [1.165, 1.54) is 17.5 Å². The molecule has 2 N–H and O–H groups in total. The molecule has 1 aliphatic heterocycles. The number of carbonyl (C=O) groups is 1. The van der Waals surface area contributed by atoms with Gasteiger partial charge in [0.05, 0.1) is 0 Å². The van der Waals surface area contributed by atoms with Crippen molar-refractivity contribution >= 4 is 6.03 Å². The maximum absolute atomic E-state index is 12.5. The zero-order valence-corrected chi connectivity index (χ0v) is 14.7. The summed E-state index contributed by atoms with van der Waals surface area (Å²) in [5, 5.41) is 7.57. The zero-order chi connectivity index (χ0) is 17.9. The van der Waals surface area contributed by atoms with E-state index >= 15 is 0 Å². The second kappa shape index (κ2) is 7.31. The van der Waals surface area contributed by atoms with Crippen molar-refractivity contribution in [3.8, 4) is 5.82 Å². The number of aromatic amines is 1. The Morgan fingerprint density at radius 2 is 2.04 bits per heavy atom. The number of urea groups is 1. The number of aromatic nitrogens is 4. The van der Waals surface area contributed by atoms with Gasteiger partial charge < -0.3 is 10.2 Å². The lowest BCUT2D eigenvalue weighted by Gasteiger charge is -2.32. The van der Waals surface area contributed by atoms with Crippen molar-refractivity contribution < 1.29 is 4.79 Å². The number of carbonyl (C=O) groups excluding carboxylic acids is 1. The van der Waals surface area contributed by atoms with Crippen LogP contribution in [-0.2, 0) is 0 Å². The smallest absolute Gasteiger partial charge is 0.335 e. The van der Waals surface area contributed by atoms with E-state index in [-0.39, 0.29) is 17.6 Å². The molecular formula is C18H24N6O2. The SMILES string of the molecule is O=C(NC1CCCC1)N1CCCC(c2nn(-c3ccccn3)c(=O)[nH]2)C1. The topological polar surface area (TPSA) is 95.9 Å². The molecule has 1 saturated carbocycles. The van der Waals surface area contributed by atoms with Crippen LogP contribution in [0.4, 0.5) is 4.79 Å². The average Bonchev–Trinajstić information content (AvgIpc) is 3.32. The fourth-order valence-electron chi connectivity index (χ4n) is 3.88. The van der Waals surface area contributed by atoms with Crippen LogP contribution in [0.5, 0.6) is 0 Å². The highest BCUT2D eigenvalue weighted by molar-refractivity contribution is 5.74. The van der Waals surface area contributed by atoms with Crippen molar-refractivity contribution in [3.63, 3.8) is 0 Å². The fraction of sp³-hybridized carbons (Fsp3) is 0.556. The summed E-state index contributed by atoms with van der Waals surface area (Å²) in [6, 6.07) is 5.68. The standard InChI is InChI=1S/C18H24N6O2/c25-17(20-14-7-1-2-8-14)23-11-5-6-13(12-23)16-21-18(26)24(22-16)15-9-3-4-10-19-15/h3-4,9-10,13-14H,1-2,5-8,11-12H2,(H,20,25)(H,21,22,26). The van der Waals surface area contributed by atoms with Crippen LogP contribution in [0.15, 0.2) is 29.2 Å². The molecule has 2 amide bonds. The quantitative estimate of drug-likeness (QED) is 0.876. The number of hydrogen-bond acceptors (Lipinski definition) is 4. The van der Waals surface area contributed by atoms with Gasteiger partial charge in [-0.25, -0.2) is 14.6 Å². The van der Waals surface area contributed by atoms with Gasteiger partial charge in [-0.1, -0.05) is 18.9 Å². The van der Waals surface area contributed by atoms with Crippen LogP contribution in [0.1, 0.15) is 50.3 Å². The van der Waals surface area contributed by atoms with E-state index in [2.05, 4.69) is 20.4 Å². The van der Waals surface area contributed by atoms with Crippen molar-refractivity contribution in [3.05, 3.63) is 40.7 Å². The molecule has 0 aromatic carbocycles. The van der Waals surface area contributed by atoms with Gasteiger partial charge in [0.25, 0.3) is 0 Å². The summed E-state index contributed by atoms with van der Waals surface area (Å²) in [5.41, 5.74) is -0.300. The Morgan fingerprint density at radius 3 is 2.81 bits per heavy atom. The molecule has 138 valence electrons. The summed E-state index contributed by atoms with van der Waals surface area (Å²) in [5.74, 6) is 1.15. The van der Waals surface area contributed by atoms with Gasteiger partial charge in [0.1, 0.15) is 5.82 Å². The van der Waals surface area contributed by atoms with Crippen molar-refractivity contribution in [2.75, 3.05) is 13.1 Å². The molecule has 1 unspecified atom stereocenters. The largest absolute Gasteiger partial charge is 0.349 e. The fourth-order valence-corrected chi connectivity index (χ4v) is 3.88. The highest BCUT2D eigenvalue weighted by Gasteiger charge is 2.29. The van der Waals surface area contributed by atoms with Crippen LogP contribution in [0.25, 0.3) is 5.82 Å². The number of likely N-dealkylation sites (tertiary alicyclic amines) is 1. The van der Waals surface area contributed by atoms with Crippen LogP contribution in [0.2, 0.25) is 0 Å². The molecule has 2 aliphatic rings. The van der Waals surface area contributed by atoms with Gasteiger partial charge in [-0.3, -0.25) is 4.98 Å². The number of pyridine rings is 1. The summed E-state index contributed by atoms with van der Waals surface area (Å²) in [6.45, 7) is 1.33. The Balaban J connectivity index is 1.46. The van der Waals surface area contributed by atoms with E-state index < -0.39 is 0 Å². The molecule has 0 radical (unpaired) electrons. The second-order valence-electron chi connectivity index (χ2n) is 7.13. The maximum atomic E-state index is 12.5. The molecule has 1 saturated heterocycles. The second-order valence-corrected chi connectivity index (χ2v) is 7.13. The molecule has 2 fully saturated rings. The van der Waals surface area contributed by atoms with Crippen LogP contribution in [0, 0.1) is 0 Å². The normalized spacial score (nSPS) is 21.1. The Labute approximate surface area is 151 Å². The number of H-pyrrole nitrogens is 1. The van der Waals surface area contributed by atoms with E-state index in [4.69, 9.17) is 0 Å². The molecule has 1 aliphatic carbocycles. The molecular weight excluding hydrogens is 332 g/mol. The monoisotopic (exact) mass is 356 g/mol. The lowest BCUT2D eigenvalue weighted by Crippen LogP contribution is -2.47. The van der Waals surface area contributed by atoms with E-state index in [0.717, 1.165) is 32.2 Å². The van der Waals surface area contributed by atoms with Crippen LogP contribution < -0.4 is 11.0 Å². The van der Waals surface area contributed by atoms with Gasteiger partial charge >= 0.3 is 11.7 Å². The predicted molar refractivity (Wildman–Crippen MR) is 96.3 cm³/mol. The third-order valence-corrected chi connectivity index (χ3v) is 5.28. The molecule has 3 heterocycles. The Hall–Kier alpha value is -2.64. The van der Waals surface area contributed by atoms with Crippen LogP contribution in [0.3, 0.4) is 0 Å². The van der Waals surface area contributed by atoms with Crippen molar-refractivity contribution in [2.24, 2.45) is 0 Å². The summed E-state index contributed by atoms with van der Waals surface area (Å²) in [7, 11) is 0. The van der Waals surface area contributed by atoms with E-state index in [0.29, 0.717) is 24.2 Å². The summed E-state index contributed by atoms with van der Waals surface area (Å²) in [4.78, 5) is 33.6.